The van der Waals surface area contributed by atoms with E-state index in [0.717, 1.165) is 11.1 Å². The molecule has 1 fully saturated rings. The van der Waals surface area contributed by atoms with Crippen LogP contribution in [0.4, 0.5) is 0 Å². The first-order chi connectivity index (χ1) is 12.5. The van der Waals surface area contributed by atoms with Gasteiger partial charge in [-0.2, -0.15) is 0 Å². The Hall–Kier alpha value is -2.37. The molecule has 2 aromatic rings. The lowest BCUT2D eigenvalue weighted by atomic mass is 9.92. The van der Waals surface area contributed by atoms with E-state index < -0.39 is 5.60 Å². The number of ether oxygens (including phenoxy) is 2. The van der Waals surface area contributed by atoms with Crippen molar-refractivity contribution in [3.05, 3.63) is 65.2 Å². The monoisotopic (exact) mass is 355 g/mol. The summed E-state index contributed by atoms with van der Waals surface area (Å²) in [5.74, 6) is 0.576. The van der Waals surface area contributed by atoms with Gasteiger partial charge in [-0.25, -0.2) is 0 Å². The van der Waals surface area contributed by atoms with Crippen molar-refractivity contribution >= 4 is 5.91 Å². The van der Waals surface area contributed by atoms with E-state index >= 15 is 0 Å². The fraction of sp³-hybridized carbons (Fsp3) is 0.381. The Kier molecular flexibility index (Phi) is 5.59. The van der Waals surface area contributed by atoms with Crippen molar-refractivity contribution in [2.24, 2.45) is 0 Å². The third-order valence-electron chi connectivity index (χ3n) is 4.75. The van der Waals surface area contributed by atoms with Crippen molar-refractivity contribution in [2.45, 2.75) is 18.9 Å². The molecule has 0 radical (unpaired) electrons. The molecular weight excluding hydrogens is 330 g/mol. The lowest BCUT2D eigenvalue weighted by Gasteiger charge is -2.42. The van der Waals surface area contributed by atoms with Gasteiger partial charge in [0.1, 0.15) is 11.4 Å². The average molecular weight is 355 g/mol. The number of morpholine rings is 1. The van der Waals surface area contributed by atoms with Crippen LogP contribution in [-0.2, 0) is 11.2 Å². The van der Waals surface area contributed by atoms with Gasteiger partial charge in [0, 0.05) is 18.5 Å². The number of carbonyl (C=O) groups excluding carboxylic acids is 1. The molecule has 3 rings (SSSR count). The molecule has 5 heteroatoms. The maximum atomic E-state index is 12.9. The highest BCUT2D eigenvalue weighted by atomic mass is 16.5. The lowest BCUT2D eigenvalue weighted by Crippen LogP contribution is -2.56. The molecule has 0 saturated carbocycles. The second-order valence-corrected chi connectivity index (χ2v) is 6.81. The number of hydrogen-bond donors (Lipinski definition) is 1. The van der Waals surface area contributed by atoms with Crippen molar-refractivity contribution in [3.63, 3.8) is 0 Å². The SMILES string of the molecule is COc1cccc(C(=O)N2CCO[C@@](CO)(Cc3cccc(C)c3)C2)c1. The Bertz CT molecular complexity index is 776. The van der Waals surface area contributed by atoms with Gasteiger partial charge in [0.05, 0.1) is 26.9 Å². The van der Waals surface area contributed by atoms with Gasteiger partial charge in [-0.15, -0.1) is 0 Å². The molecule has 1 aliphatic rings. The minimum atomic E-state index is -0.777. The number of aryl methyl sites for hydroxylation is 1. The highest BCUT2D eigenvalue weighted by Crippen LogP contribution is 2.25. The topological polar surface area (TPSA) is 59.0 Å². The summed E-state index contributed by atoms with van der Waals surface area (Å²) in [6.07, 6.45) is 0.563. The first-order valence-corrected chi connectivity index (χ1v) is 8.79. The van der Waals surface area contributed by atoms with E-state index in [9.17, 15) is 9.90 Å². The van der Waals surface area contributed by atoms with Crippen LogP contribution in [0.15, 0.2) is 48.5 Å². The summed E-state index contributed by atoms with van der Waals surface area (Å²) in [6.45, 7) is 3.17. The van der Waals surface area contributed by atoms with Gasteiger partial charge in [-0.3, -0.25) is 4.79 Å². The van der Waals surface area contributed by atoms with Crippen molar-refractivity contribution in [1.82, 2.24) is 4.90 Å². The standard InChI is InChI=1S/C21H25NO4/c1-16-5-3-6-17(11-16)13-21(15-23)14-22(9-10-26-21)20(24)18-7-4-8-19(12-18)25-2/h3-8,11-12,23H,9-10,13-15H2,1-2H3/t21-/m0/s1. The highest BCUT2D eigenvalue weighted by Gasteiger charge is 2.38. The van der Waals surface area contributed by atoms with Crippen LogP contribution in [0.3, 0.4) is 0 Å². The molecule has 0 aliphatic carbocycles. The van der Waals surface area contributed by atoms with Crippen LogP contribution in [0, 0.1) is 6.92 Å². The molecule has 1 saturated heterocycles. The Morgan fingerprint density at radius 3 is 2.81 bits per heavy atom. The van der Waals surface area contributed by atoms with Crippen molar-refractivity contribution in [3.8, 4) is 5.75 Å². The van der Waals surface area contributed by atoms with Crippen LogP contribution >= 0.6 is 0 Å². The Labute approximate surface area is 154 Å². The molecule has 1 amide bonds. The third-order valence-corrected chi connectivity index (χ3v) is 4.75. The summed E-state index contributed by atoms with van der Waals surface area (Å²) in [7, 11) is 1.58. The molecule has 26 heavy (non-hydrogen) atoms. The fourth-order valence-corrected chi connectivity index (χ4v) is 3.41. The van der Waals surface area contributed by atoms with Gasteiger partial charge >= 0.3 is 0 Å². The molecule has 1 atom stereocenters. The van der Waals surface area contributed by atoms with Crippen LogP contribution in [0.1, 0.15) is 21.5 Å². The number of aliphatic hydroxyl groups excluding tert-OH is 1. The maximum absolute atomic E-state index is 12.9. The average Bonchev–Trinajstić information content (AvgIpc) is 2.67. The second-order valence-electron chi connectivity index (χ2n) is 6.81. The van der Waals surface area contributed by atoms with Gasteiger partial charge in [-0.1, -0.05) is 35.9 Å². The minimum absolute atomic E-state index is 0.0748. The van der Waals surface area contributed by atoms with E-state index in [1.54, 1.807) is 30.2 Å². The Morgan fingerprint density at radius 2 is 2.08 bits per heavy atom. The molecule has 138 valence electrons. The number of methoxy groups -OCH3 is 1. The number of hydrogen-bond acceptors (Lipinski definition) is 4. The minimum Gasteiger partial charge on any atom is -0.497 e. The molecule has 0 spiro atoms. The zero-order chi connectivity index (χ0) is 18.6. The number of amides is 1. The van der Waals surface area contributed by atoms with Gasteiger partial charge in [0.25, 0.3) is 5.91 Å². The fourth-order valence-electron chi connectivity index (χ4n) is 3.41. The van der Waals surface area contributed by atoms with Gasteiger partial charge < -0.3 is 19.5 Å². The van der Waals surface area contributed by atoms with Gasteiger partial charge in [-0.05, 0) is 30.7 Å². The second kappa shape index (κ2) is 7.89. The van der Waals surface area contributed by atoms with E-state index in [4.69, 9.17) is 9.47 Å². The van der Waals surface area contributed by atoms with Crippen LogP contribution in [-0.4, -0.2) is 54.9 Å². The van der Waals surface area contributed by atoms with Gasteiger partial charge in [0.2, 0.25) is 0 Å². The molecule has 1 heterocycles. The summed E-state index contributed by atoms with van der Waals surface area (Å²) >= 11 is 0. The molecular formula is C21H25NO4. The first-order valence-electron chi connectivity index (χ1n) is 8.79. The maximum Gasteiger partial charge on any atom is 0.254 e. The third kappa shape index (κ3) is 4.06. The lowest BCUT2D eigenvalue weighted by molar-refractivity contribution is -0.123. The van der Waals surface area contributed by atoms with Gasteiger partial charge in [0.15, 0.2) is 0 Å². The Morgan fingerprint density at radius 1 is 1.27 bits per heavy atom. The van der Waals surface area contributed by atoms with Crippen LogP contribution in [0.25, 0.3) is 0 Å². The van der Waals surface area contributed by atoms with Crippen LogP contribution in [0.5, 0.6) is 5.75 Å². The van der Waals surface area contributed by atoms with Crippen molar-refractivity contribution < 1.29 is 19.4 Å². The number of aliphatic hydroxyl groups is 1. The van der Waals surface area contributed by atoms with Crippen molar-refractivity contribution in [2.75, 3.05) is 33.4 Å². The molecule has 0 unspecified atom stereocenters. The summed E-state index contributed by atoms with van der Waals surface area (Å²) < 4.78 is 11.2. The van der Waals surface area contributed by atoms with E-state index in [0.29, 0.717) is 37.4 Å². The van der Waals surface area contributed by atoms with E-state index in [1.165, 1.54) is 0 Å². The van der Waals surface area contributed by atoms with Crippen molar-refractivity contribution in [1.29, 1.82) is 0 Å². The molecule has 1 aliphatic heterocycles. The molecule has 5 nitrogen and oxygen atoms in total. The number of nitrogens with zero attached hydrogens (tertiary/aromatic N) is 1. The van der Waals surface area contributed by atoms with Crippen LogP contribution < -0.4 is 4.74 Å². The molecule has 2 aromatic carbocycles. The highest BCUT2D eigenvalue weighted by molar-refractivity contribution is 5.94. The zero-order valence-corrected chi connectivity index (χ0v) is 15.3. The number of rotatable bonds is 5. The number of carbonyl (C=O) groups is 1. The van der Waals surface area contributed by atoms with E-state index in [1.807, 2.05) is 31.2 Å². The molecule has 1 N–H and O–H groups in total. The first kappa shape index (κ1) is 18.4. The number of benzene rings is 2. The quantitative estimate of drug-likeness (QED) is 0.895. The summed E-state index contributed by atoms with van der Waals surface area (Å²) in [6, 6.07) is 15.3. The molecule has 0 bridgehead atoms. The molecule has 0 aromatic heterocycles. The summed E-state index contributed by atoms with van der Waals surface area (Å²) in [4.78, 5) is 14.7. The normalized spacial score (nSPS) is 20.0. The summed E-state index contributed by atoms with van der Waals surface area (Å²) in [5.41, 5.74) is 2.06. The van der Waals surface area contributed by atoms with Crippen LogP contribution in [0.2, 0.25) is 0 Å². The predicted octanol–water partition coefficient (Wildman–Crippen LogP) is 2.45. The smallest absolute Gasteiger partial charge is 0.254 e. The summed E-state index contributed by atoms with van der Waals surface area (Å²) in [5, 5.41) is 10.0. The largest absolute Gasteiger partial charge is 0.497 e. The zero-order valence-electron chi connectivity index (χ0n) is 15.3. The predicted molar refractivity (Wildman–Crippen MR) is 99.5 cm³/mol. The van der Waals surface area contributed by atoms with E-state index in [2.05, 4.69) is 6.07 Å². The van der Waals surface area contributed by atoms with E-state index in [-0.39, 0.29) is 12.5 Å². The Balaban J connectivity index is 1.78.